The number of anilines is 1. The molecule has 0 radical (unpaired) electrons. The summed E-state index contributed by atoms with van der Waals surface area (Å²) in [6, 6.07) is 7.37. The summed E-state index contributed by atoms with van der Waals surface area (Å²) in [7, 11) is -3.55. The van der Waals surface area contributed by atoms with Crippen LogP contribution in [0.4, 0.5) is 5.69 Å². The molecule has 1 aromatic carbocycles. The standard InChI is InChI=1S/C12H17N3O3S/c13-6-9-2-1-3-11(4-9)15-7-10(5-12(15)16)8-19(14,17)18/h1-4,10H,5-8,13H2,(H2,14,17,18). The number of hydrogen-bond donors (Lipinski definition) is 2. The molecule has 1 amide bonds. The van der Waals surface area contributed by atoms with Gasteiger partial charge in [-0.15, -0.1) is 0 Å². The van der Waals surface area contributed by atoms with Crippen molar-refractivity contribution in [1.82, 2.24) is 0 Å². The Morgan fingerprint density at radius 3 is 2.74 bits per heavy atom. The van der Waals surface area contributed by atoms with Gasteiger partial charge in [0, 0.05) is 31.1 Å². The topological polar surface area (TPSA) is 106 Å². The SMILES string of the molecule is NCc1cccc(N2CC(CS(N)(=O)=O)CC2=O)c1. The van der Waals surface area contributed by atoms with Crippen molar-refractivity contribution in [3.05, 3.63) is 29.8 Å². The van der Waals surface area contributed by atoms with Crippen LogP contribution in [0.15, 0.2) is 24.3 Å². The smallest absolute Gasteiger partial charge is 0.227 e. The van der Waals surface area contributed by atoms with E-state index in [0.29, 0.717) is 13.1 Å². The van der Waals surface area contributed by atoms with E-state index < -0.39 is 10.0 Å². The van der Waals surface area contributed by atoms with Gasteiger partial charge in [0.15, 0.2) is 0 Å². The van der Waals surface area contributed by atoms with Crippen LogP contribution in [-0.2, 0) is 21.4 Å². The zero-order valence-electron chi connectivity index (χ0n) is 10.5. The molecule has 1 fully saturated rings. The van der Waals surface area contributed by atoms with E-state index in [-0.39, 0.29) is 24.0 Å². The lowest BCUT2D eigenvalue weighted by Crippen LogP contribution is -2.27. The Labute approximate surface area is 112 Å². The third-order valence-corrected chi connectivity index (χ3v) is 4.07. The van der Waals surface area contributed by atoms with Gasteiger partial charge in [-0.25, -0.2) is 13.6 Å². The number of primary sulfonamides is 1. The summed E-state index contributed by atoms with van der Waals surface area (Å²) in [5.41, 5.74) is 7.25. The number of nitrogens with two attached hydrogens (primary N) is 2. The van der Waals surface area contributed by atoms with E-state index in [0.717, 1.165) is 11.3 Å². The van der Waals surface area contributed by atoms with Crippen LogP contribution in [0.5, 0.6) is 0 Å². The van der Waals surface area contributed by atoms with Crippen molar-refractivity contribution in [2.24, 2.45) is 16.8 Å². The highest BCUT2D eigenvalue weighted by Gasteiger charge is 2.32. The minimum atomic E-state index is -3.55. The monoisotopic (exact) mass is 283 g/mol. The first-order valence-electron chi connectivity index (χ1n) is 5.99. The van der Waals surface area contributed by atoms with E-state index in [2.05, 4.69) is 0 Å². The summed E-state index contributed by atoms with van der Waals surface area (Å²) in [5.74, 6) is -0.488. The van der Waals surface area contributed by atoms with Crippen LogP contribution in [0.2, 0.25) is 0 Å². The van der Waals surface area contributed by atoms with Crippen LogP contribution in [0.25, 0.3) is 0 Å². The number of rotatable bonds is 4. The van der Waals surface area contributed by atoms with Crippen LogP contribution in [0, 0.1) is 5.92 Å². The van der Waals surface area contributed by atoms with Gasteiger partial charge in [-0.3, -0.25) is 4.79 Å². The van der Waals surface area contributed by atoms with Gasteiger partial charge in [0.25, 0.3) is 0 Å². The molecule has 1 atom stereocenters. The Morgan fingerprint density at radius 1 is 1.37 bits per heavy atom. The molecule has 19 heavy (non-hydrogen) atoms. The Bertz CT molecular complexity index is 586. The first-order chi connectivity index (χ1) is 8.89. The number of hydrogen-bond acceptors (Lipinski definition) is 4. The minimum absolute atomic E-state index is 0.0807. The first kappa shape index (κ1) is 14.0. The van der Waals surface area contributed by atoms with Crippen molar-refractivity contribution in [2.45, 2.75) is 13.0 Å². The lowest BCUT2D eigenvalue weighted by molar-refractivity contribution is -0.117. The van der Waals surface area contributed by atoms with E-state index in [1.165, 1.54) is 0 Å². The molecule has 1 aromatic rings. The van der Waals surface area contributed by atoms with Crippen molar-refractivity contribution < 1.29 is 13.2 Å². The number of carbonyl (C=O) groups excluding carboxylic acids is 1. The predicted molar refractivity (Wildman–Crippen MR) is 72.8 cm³/mol. The molecule has 0 aliphatic carbocycles. The average molecular weight is 283 g/mol. The van der Waals surface area contributed by atoms with Crippen LogP contribution >= 0.6 is 0 Å². The molecule has 6 nitrogen and oxygen atoms in total. The predicted octanol–water partition coefficient (Wildman–Crippen LogP) is -0.213. The highest BCUT2D eigenvalue weighted by Crippen LogP contribution is 2.26. The van der Waals surface area contributed by atoms with Crippen LogP contribution in [-0.4, -0.2) is 26.6 Å². The van der Waals surface area contributed by atoms with Gasteiger partial charge < -0.3 is 10.6 Å². The van der Waals surface area contributed by atoms with Gasteiger partial charge in [0.2, 0.25) is 15.9 Å². The minimum Gasteiger partial charge on any atom is -0.326 e. The van der Waals surface area contributed by atoms with Crippen molar-refractivity contribution in [2.75, 3.05) is 17.2 Å². The summed E-state index contributed by atoms with van der Waals surface area (Å²) < 4.78 is 22.1. The van der Waals surface area contributed by atoms with E-state index >= 15 is 0 Å². The molecule has 1 aliphatic rings. The highest BCUT2D eigenvalue weighted by molar-refractivity contribution is 7.89. The second kappa shape index (κ2) is 5.28. The van der Waals surface area contributed by atoms with Gasteiger partial charge in [-0.2, -0.15) is 0 Å². The molecule has 1 unspecified atom stereocenters. The maximum absolute atomic E-state index is 11.9. The normalized spacial score (nSPS) is 20.0. The molecule has 104 valence electrons. The molecular weight excluding hydrogens is 266 g/mol. The van der Waals surface area contributed by atoms with Gasteiger partial charge in [-0.1, -0.05) is 12.1 Å². The molecule has 0 bridgehead atoms. The molecule has 1 saturated heterocycles. The second-order valence-corrected chi connectivity index (χ2v) is 6.44. The van der Waals surface area contributed by atoms with Gasteiger partial charge in [-0.05, 0) is 17.7 Å². The van der Waals surface area contributed by atoms with E-state index in [4.69, 9.17) is 10.9 Å². The largest absolute Gasteiger partial charge is 0.326 e. The van der Waals surface area contributed by atoms with Crippen molar-refractivity contribution in [3.63, 3.8) is 0 Å². The van der Waals surface area contributed by atoms with Crippen molar-refractivity contribution in [1.29, 1.82) is 0 Å². The molecule has 1 aliphatic heterocycles. The molecule has 0 spiro atoms. The van der Waals surface area contributed by atoms with Crippen molar-refractivity contribution >= 4 is 21.6 Å². The lowest BCUT2D eigenvalue weighted by atomic mass is 10.1. The fourth-order valence-corrected chi connectivity index (χ4v) is 3.20. The molecule has 1 heterocycles. The third kappa shape index (κ3) is 3.52. The van der Waals surface area contributed by atoms with Gasteiger partial charge >= 0.3 is 0 Å². The molecule has 7 heteroatoms. The average Bonchev–Trinajstić information content (AvgIpc) is 2.68. The van der Waals surface area contributed by atoms with Crippen LogP contribution in [0.3, 0.4) is 0 Å². The lowest BCUT2D eigenvalue weighted by Gasteiger charge is -2.17. The molecular formula is C12H17N3O3S. The summed E-state index contributed by atoms with van der Waals surface area (Å²) in [4.78, 5) is 13.5. The fourth-order valence-electron chi connectivity index (χ4n) is 2.32. The van der Waals surface area contributed by atoms with Crippen molar-refractivity contribution in [3.8, 4) is 0 Å². The quantitative estimate of drug-likeness (QED) is 0.797. The Balaban J connectivity index is 2.15. The number of nitrogens with zero attached hydrogens (tertiary/aromatic N) is 1. The Hall–Kier alpha value is -1.44. The number of benzene rings is 1. The number of carbonyl (C=O) groups is 1. The fraction of sp³-hybridized carbons (Fsp3) is 0.417. The zero-order chi connectivity index (χ0) is 14.0. The zero-order valence-corrected chi connectivity index (χ0v) is 11.3. The summed E-state index contributed by atoms with van der Waals surface area (Å²) in [5, 5.41) is 5.02. The molecule has 0 saturated carbocycles. The third-order valence-electron chi connectivity index (χ3n) is 3.13. The molecule has 2 rings (SSSR count). The second-order valence-electron chi connectivity index (χ2n) is 4.78. The Kier molecular flexibility index (Phi) is 3.88. The van der Waals surface area contributed by atoms with E-state index in [9.17, 15) is 13.2 Å². The number of sulfonamides is 1. The van der Waals surface area contributed by atoms with Gasteiger partial charge in [0.1, 0.15) is 0 Å². The first-order valence-corrected chi connectivity index (χ1v) is 7.70. The maximum atomic E-state index is 11.9. The summed E-state index contributed by atoms with van der Waals surface area (Å²) in [6.45, 7) is 0.778. The van der Waals surface area contributed by atoms with Crippen LogP contribution < -0.4 is 15.8 Å². The highest BCUT2D eigenvalue weighted by atomic mass is 32.2. The molecule has 4 N–H and O–H groups in total. The Morgan fingerprint density at radius 2 is 2.11 bits per heavy atom. The summed E-state index contributed by atoms with van der Waals surface area (Å²) in [6.07, 6.45) is 0.212. The molecule has 0 aromatic heterocycles. The number of amides is 1. The summed E-state index contributed by atoms with van der Waals surface area (Å²) >= 11 is 0. The van der Waals surface area contributed by atoms with E-state index in [1.807, 2.05) is 24.3 Å². The van der Waals surface area contributed by atoms with E-state index in [1.54, 1.807) is 4.90 Å². The van der Waals surface area contributed by atoms with Crippen LogP contribution in [0.1, 0.15) is 12.0 Å². The van der Waals surface area contributed by atoms with Gasteiger partial charge in [0.05, 0.1) is 5.75 Å². The maximum Gasteiger partial charge on any atom is 0.227 e.